The number of carbonyl (C=O) groups is 2. The van der Waals surface area contributed by atoms with Gasteiger partial charge >= 0.3 is 0 Å². The molecule has 0 saturated heterocycles. The Balaban J connectivity index is 2.43. The zero-order chi connectivity index (χ0) is 23.9. The Morgan fingerprint density at radius 1 is 1.09 bits per heavy atom. The maximum absolute atomic E-state index is 13.5. The van der Waals surface area contributed by atoms with Crippen molar-refractivity contribution in [1.82, 2.24) is 10.2 Å². The van der Waals surface area contributed by atoms with Crippen molar-refractivity contribution >= 4 is 43.5 Å². The second-order valence-corrected chi connectivity index (χ2v) is 10.4. The van der Waals surface area contributed by atoms with Crippen LogP contribution >= 0.6 is 15.9 Å². The first kappa shape index (κ1) is 25.9. The fraction of sp³-hybridized carbons (Fsp3) is 0.391. The number of likely N-dealkylation sites (N-methyl/N-ethyl adjacent to an activating group) is 1. The molecule has 9 heteroatoms. The van der Waals surface area contributed by atoms with Gasteiger partial charge in [-0.25, -0.2) is 8.42 Å². The molecule has 2 amide bonds. The van der Waals surface area contributed by atoms with Gasteiger partial charge in [-0.1, -0.05) is 58.7 Å². The first-order chi connectivity index (χ1) is 15.1. The number of aryl methyl sites for hydroxylation is 1. The zero-order valence-electron chi connectivity index (χ0n) is 18.8. The number of benzene rings is 2. The third-order valence-electron chi connectivity index (χ3n) is 4.95. The quantitative estimate of drug-likeness (QED) is 0.516. The van der Waals surface area contributed by atoms with Crippen molar-refractivity contribution in [3.05, 3.63) is 64.1 Å². The lowest BCUT2D eigenvalue weighted by Crippen LogP contribution is -2.52. The van der Waals surface area contributed by atoms with Crippen LogP contribution in [0.15, 0.2) is 53.0 Å². The van der Waals surface area contributed by atoms with Crippen molar-refractivity contribution in [2.75, 3.05) is 23.7 Å². The van der Waals surface area contributed by atoms with Gasteiger partial charge in [-0.3, -0.25) is 13.9 Å². The van der Waals surface area contributed by atoms with Crippen LogP contribution in [0.3, 0.4) is 0 Å². The zero-order valence-corrected chi connectivity index (χ0v) is 21.2. The lowest BCUT2D eigenvalue weighted by Gasteiger charge is -2.32. The van der Waals surface area contributed by atoms with Gasteiger partial charge < -0.3 is 10.2 Å². The predicted molar refractivity (Wildman–Crippen MR) is 131 cm³/mol. The molecule has 0 aliphatic carbocycles. The van der Waals surface area contributed by atoms with E-state index in [-0.39, 0.29) is 12.5 Å². The third-order valence-corrected chi connectivity index (χ3v) is 6.58. The minimum absolute atomic E-state index is 0.201. The lowest BCUT2D eigenvalue weighted by molar-refractivity contribution is -0.140. The molecule has 1 N–H and O–H groups in total. The number of hydrogen-bond donors (Lipinski definition) is 1. The fourth-order valence-corrected chi connectivity index (χ4v) is 4.69. The number of sulfonamides is 1. The van der Waals surface area contributed by atoms with Gasteiger partial charge in [0.15, 0.2) is 0 Å². The second kappa shape index (κ2) is 11.5. The number of rotatable bonds is 10. The second-order valence-electron chi connectivity index (χ2n) is 7.58. The van der Waals surface area contributed by atoms with Crippen LogP contribution in [0.2, 0.25) is 0 Å². The summed E-state index contributed by atoms with van der Waals surface area (Å²) in [5, 5.41) is 2.78. The minimum Gasteiger partial charge on any atom is -0.355 e. The Kier molecular flexibility index (Phi) is 9.27. The monoisotopic (exact) mass is 523 g/mol. The topological polar surface area (TPSA) is 86.8 Å². The smallest absolute Gasteiger partial charge is 0.244 e. The fourth-order valence-electron chi connectivity index (χ4n) is 3.46. The van der Waals surface area contributed by atoms with Gasteiger partial charge in [-0.05, 0) is 44.0 Å². The average molecular weight is 524 g/mol. The molecule has 0 aliphatic heterocycles. The van der Waals surface area contributed by atoms with Crippen LogP contribution in [0, 0.1) is 6.92 Å². The molecule has 0 fully saturated rings. The molecule has 0 saturated carbocycles. The Bertz CT molecular complexity index is 1060. The van der Waals surface area contributed by atoms with E-state index in [2.05, 4.69) is 21.2 Å². The molecular formula is C23H30BrN3O4S. The Morgan fingerprint density at radius 3 is 2.34 bits per heavy atom. The third kappa shape index (κ3) is 7.06. The van der Waals surface area contributed by atoms with E-state index in [9.17, 15) is 18.0 Å². The molecule has 0 radical (unpaired) electrons. The number of nitrogens with one attached hydrogen (secondary N) is 1. The van der Waals surface area contributed by atoms with Gasteiger partial charge in [0, 0.05) is 17.6 Å². The van der Waals surface area contributed by atoms with Crippen LogP contribution in [0.5, 0.6) is 0 Å². The SMILES string of the molecule is CCNC(=O)[C@@H](CC)N(Cc1cccc(C)c1)C(=O)CN(c1cccc(Br)c1)S(C)(=O)=O. The molecule has 0 heterocycles. The Labute approximate surface area is 199 Å². The highest BCUT2D eigenvalue weighted by atomic mass is 79.9. The maximum Gasteiger partial charge on any atom is 0.244 e. The Hall–Kier alpha value is -2.39. The van der Waals surface area contributed by atoms with Gasteiger partial charge in [0.2, 0.25) is 21.8 Å². The standard InChI is InChI=1S/C23H30BrN3O4S/c1-5-21(23(29)25-6-2)26(15-18-10-7-9-17(3)13-18)22(28)16-27(32(4,30)31)20-12-8-11-19(24)14-20/h7-14,21H,5-6,15-16H2,1-4H3,(H,25,29)/t21-/m1/s1. The average Bonchev–Trinajstić information content (AvgIpc) is 2.71. The summed E-state index contributed by atoms with van der Waals surface area (Å²) in [7, 11) is -3.74. The number of halogens is 1. The highest BCUT2D eigenvalue weighted by Gasteiger charge is 2.31. The van der Waals surface area contributed by atoms with Crippen molar-refractivity contribution in [3.63, 3.8) is 0 Å². The minimum atomic E-state index is -3.74. The van der Waals surface area contributed by atoms with Crippen molar-refractivity contribution in [1.29, 1.82) is 0 Å². The molecule has 0 bridgehead atoms. The van der Waals surface area contributed by atoms with Crippen LogP contribution in [0.25, 0.3) is 0 Å². The number of nitrogens with zero attached hydrogens (tertiary/aromatic N) is 2. The van der Waals surface area contributed by atoms with E-state index in [1.54, 1.807) is 24.3 Å². The normalized spacial score (nSPS) is 12.2. The first-order valence-electron chi connectivity index (χ1n) is 10.4. The molecule has 2 aromatic carbocycles. The molecule has 0 spiro atoms. The largest absolute Gasteiger partial charge is 0.355 e. The van der Waals surface area contributed by atoms with Crippen molar-refractivity contribution < 1.29 is 18.0 Å². The summed E-state index contributed by atoms with van der Waals surface area (Å²) in [6.07, 6.45) is 1.46. The highest BCUT2D eigenvalue weighted by Crippen LogP contribution is 2.23. The van der Waals surface area contributed by atoms with E-state index < -0.39 is 28.5 Å². The molecule has 0 aliphatic rings. The van der Waals surface area contributed by atoms with Gasteiger partial charge in [0.1, 0.15) is 12.6 Å². The number of hydrogen-bond acceptors (Lipinski definition) is 4. The maximum atomic E-state index is 13.5. The van der Waals surface area contributed by atoms with E-state index in [4.69, 9.17) is 0 Å². The summed E-state index contributed by atoms with van der Waals surface area (Å²) in [6, 6.07) is 13.7. The molecule has 1 atom stereocenters. The summed E-state index contributed by atoms with van der Waals surface area (Å²) in [4.78, 5) is 27.7. The number of anilines is 1. The van der Waals surface area contributed by atoms with Crippen molar-refractivity contribution in [2.24, 2.45) is 0 Å². The highest BCUT2D eigenvalue weighted by molar-refractivity contribution is 9.10. The van der Waals surface area contributed by atoms with Crippen LogP contribution in [-0.4, -0.2) is 50.5 Å². The molecule has 0 aromatic heterocycles. The molecule has 2 rings (SSSR count). The van der Waals surface area contributed by atoms with Gasteiger partial charge in [0.25, 0.3) is 0 Å². The molecule has 174 valence electrons. The van der Waals surface area contributed by atoms with Crippen LogP contribution in [0.4, 0.5) is 5.69 Å². The summed E-state index contributed by atoms with van der Waals surface area (Å²) >= 11 is 3.34. The summed E-state index contributed by atoms with van der Waals surface area (Å²) < 4.78 is 26.8. The predicted octanol–water partition coefficient (Wildman–Crippen LogP) is 3.47. The van der Waals surface area contributed by atoms with Gasteiger partial charge in [-0.2, -0.15) is 0 Å². The number of carbonyl (C=O) groups excluding carboxylic acids is 2. The van der Waals surface area contributed by atoms with Gasteiger partial charge in [-0.15, -0.1) is 0 Å². The van der Waals surface area contributed by atoms with Crippen LogP contribution in [0.1, 0.15) is 31.4 Å². The van der Waals surface area contributed by atoms with Crippen LogP contribution in [-0.2, 0) is 26.2 Å². The molecule has 32 heavy (non-hydrogen) atoms. The van der Waals surface area contributed by atoms with Crippen LogP contribution < -0.4 is 9.62 Å². The first-order valence-corrected chi connectivity index (χ1v) is 13.1. The summed E-state index contributed by atoms with van der Waals surface area (Å²) in [5.74, 6) is -0.709. The summed E-state index contributed by atoms with van der Waals surface area (Å²) in [6.45, 7) is 5.84. The van der Waals surface area contributed by atoms with E-state index >= 15 is 0 Å². The molecule has 0 unspecified atom stereocenters. The van der Waals surface area contributed by atoms with E-state index in [1.807, 2.05) is 45.0 Å². The van der Waals surface area contributed by atoms with Crippen molar-refractivity contribution in [3.8, 4) is 0 Å². The van der Waals surface area contributed by atoms with E-state index in [0.29, 0.717) is 23.1 Å². The summed E-state index contributed by atoms with van der Waals surface area (Å²) in [5.41, 5.74) is 2.28. The molecular weight excluding hydrogens is 494 g/mol. The lowest BCUT2D eigenvalue weighted by atomic mass is 10.1. The van der Waals surface area contributed by atoms with Crippen molar-refractivity contribution in [2.45, 2.75) is 39.8 Å². The van der Waals surface area contributed by atoms with E-state index in [0.717, 1.165) is 21.7 Å². The molecule has 2 aromatic rings. The van der Waals surface area contributed by atoms with E-state index in [1.165, 1.54) is 4.90 Å². The Morgan fingerprint density at radius 2 is 1.78 bits per heavy atom. The molecule has 7 nitrogen and oxygen atoms in total. The van der Waals surface area contributed by atoms with Gasteiger partial charge in [0.05, 0.1) is 11.9 Å². The number of amides is 2.